The Kier molecular flexibility index (Phi) is 3.33. The first kappa shape index (κ1) is 11.8. The summed E-state index contributed by atoms with van der Waals surface area (Å²) in [6, 6.07) is 6.56. The van der Waals surface area contributed by atoms with Gasteiger partial charge in [-0.25, -0.2) is 0 Å². The van der Waals surface area contributed by atoms with Gasteiger partial charge in [0.1, 0.15) is 0 Å². The van der Waals surface area contributed by atoms with E-state index >= 15 is 0 Å². The van der Waals surface area contributed by atoms with E-state index in [1.54, 1.807) is 24.3 Å². The molecule has 0 fully saturated rings. The summed E-state index contributed by atoms with van der Waals surface area (Å²) in [6.45, 7) is 0. The van der Waals surface area contributed by atoms with Gasteiger partial charge in [0.2, 0.25) is 0 Å². The number of anilines is 1. The molecule has 0 bridgehead atoms. The van der Waals surface area contributed by atoms with Gasteiger partial charge in [-0.3, -0.25) is 9.59 Å². The highest BCUT2D eigenvalue weighted by atomic mass is 16.4. The molecule has 0 aliphatic rings. The van der Waals surface area contributed by atoms with Crippen LogP contribution in [0.25, 0.3) is 0 Å². The summed E-state index contributed by atoms with van der Waals surface area (Å²) in [7, 11) is 0. The molecule has 0 spiro atoms. The van der Waals surface area contributed by atoms with E-state index in [0.29, 0.717) is 11.3 Å². The van der Waals surface area contributed by atoms with Crippen LogP contribution < -0.4 is 5.32 Å². The summed E-state index contributed by atoms with van der Waals surface area (Å²) in [5.74, 6) is -1.27. The number of nitrogens with zero attached hydrogens (tertiary/aromatic N) is 2. The topological polar surface area (TPSA) is 108 Å². The third-order valence-electron chi connectivity index (χ3n) is 2.21. The van der Waals surface area contributed by atoms with Gasteiger partial charge in [-0.1, -0.05) is 12.1 Å². The number of aromatic amines is 1. The Bertz CT molecular complexity index is 548. The van der Waals surface area contributed by atoms with Crippen molar-refractivity contribution in [3.05, 3.63) is 41.7 Å². The molecule has 18 heavy (non-hydrogen) atoms. The Morgan fingerprint density at radius 3 is 2.56 bits per heavy atom. The van der Waals surface area contributed by atoms with Crippen molar-refractivity contribution in [3.8, 4) is 0 Å². The van der Waals surface area contributed by atoms with Crippen LogP contribution in [-0.2, 0) is 11.2 Å². The van der Waals surface area contributed by atoms with Crippen molar-refractivity contribution in [2.45, 2.75) is 6.42 Å². The highest BCUT2D eigenvalue weighted by molar-refractivity contribution is 6.02. The van der Waals surface area contributed by atoms with Crippen LogP contribution in [0.15, 0.2) is 30.5 Å². The molecule has 0 unspecified atom stereocenters. The molecule has 1 amide bonds. The number of nitrogens with one attached hydrogen (secondary N) is 2. The fourth-order valence-electron chi connectivity index (χ4n) is 1.39. The van der Waals surface area contributed by atoms with Gasteiger partial charge in [0.05, 0.1) is 12.6 Å². The first-order valence-corrected chi connectivity index (χ1v) is 5.13. The lowest BCUT2D eigenvalue weighted by atomic mass is 10.1. The van der Waals surface area contributed by atoms with Crippen molar-refractivity contribution in [1.29, 1.82) is 0 Å². The fraction of sp³-hybridized carbons (Fsp3) is 0.0909. The van der Waals surface area contributed by atoms with Crippen molar-refractivity contribution in [2.75, 3.05) is 5.32 Å². The number of amides is 1. The monoisotopic (exact) mass is 246 g/mol. The molecule has 0 aliphatic heterocycles. The number of aromatic nitrogens is 3. The van der Waals surface area contributed by atoms with E-state index in [1.807, 2.05) is 0 Å². The summed E-state index contributed by atoms with van der Waals surface area (Å²) >= 11 is 0. The van der Waals surface area contributed by atoms with Gasteiger partial charge in [0.25, 0.3) is 5.91 Å². The minimum atomic E-state index is -0.894. The third kappa shape index (κ3) is 2.91. The largest absolute Gasteiger partial charge is 0.481 e. The number of hydrogen-bond acceptors (Lipinski definition) is 4. The first-order chi connectivity index (χ1) is 8.65. The maximum absolute atomic E-state index is 11.6. The number of H-pyrrole nitrogens is 1. The third-order valence-corrected chi connectivity index (χ3v) is 2.21. The average molecular weight is 246 g/mol. The van der Waals surface area contributed by atoms with Crippen LogP contribution in [0.1, 0.15) is 16.1 Å². The normalized spacial score (nSPS) is 10.0. The molecule has 0 saturated carbocycles. The molecule has 0 atom stereocenters. The molecule has 3 N–H and O–H groups in total. The summed E-state index contributed by atoms with van der Waals surface area (Å²) in [5, 5.41) is 20.7. The molecule has 1 aromatic carbocycles. The lowest BCUT2D eigenvalue weighted by Gasteiger charge is -2.03. The average Bonchev–Trinajstić information content (AvgIpc) is 2.84. The van der Waals surface area contributed by atoms with E-state index in [4.69, 9.17) is 5.11 Å². The number of carbonyl (C=O) groups excluding carboxylic acids is 1. The summed E-state index contributed by atoms with van der Waals surface area (Å²) < 4.78 is 0. The highest BCUT2D eigenvalue weighted by Crippen LogP contribution is 2.11. The Labute approximate surface area is 102 Å². The van der Waals surface area contributed by atoms with E-state index < -0.39 is 5.97 Å². The predicted molar refractivity (Wildman–Crippen MR) is 62.1 cm³/mol. The van der Waals surface area contributed by atoms with Gasteiger partial charge in [-0.2, -0.15) is 15.4 Å². The molecule has 2 aromatic rings. The van der Waals surface area contributed by atoms with Crippen molar-refractivity contribution in [2.24, 2.45) is 0 Å². The van der Waals surface area contributed by atoms with Crippen molar-refractivity contribution < 1.29 is 14.7 Å². The summed E-state index contributed by atoms with van der Waals surface area (Å²) in [6.07, 6.45) is 1.27. The van der Waals surface area contributed by atoms with Gasteiger partial charge in [0.15, 0.2) is 5.69 Å². The van der Waals surface area contributed by atoms with Crippen LogP contribution >= 0.6 is 0 Å². The molecule has 0 radical (unpaired) electrons. The number of aliphatic carboxylic acids is 1. The molecule has 92 valence electrons. The maximum atomic E-state index is 11.6. The Morgan fingerprint density at radius 1 is 1.28 bits per heavy atom. The number of carbonyl (C=O) groups is 2. The molecule has 1 heterocycles. The Morgan fingerprint density at radius 2 is 2.00 bits per heavy atom. The molecule has 0 aliphatic carbocycles. The van der Waals surface area contributed by atoms with Crippen molar-refractivity contribution >= 4 is 17.6 Å². The van der Waals surface area contributed by atoms with Gasteiger partial charge < -0.3 is 10.4 Å². The SMILES string of the molecule is O=C(O)Cc1ccc(NC(=O)c2cn[nH]n2)cc1. The summed E-state index contributed by atoms with van der Waals surface area (Å²) in [5.41, 5.74) is 1.42. The van der Waals surface area contributed by atoms with Crippen molar-refractivity contribution in [3.63, 3.8) is 0 Å². The number of rotatable bonds is 4. The zero-order valence-corrected chi connectivity index (χ0v) is 9.25. The molecular formula is C11H10N4O3. The number of carboxylic acid groups (broad SMARTS) is 1. The summed E-state index contributed by atoms with van der Waals surface area (Å²) in [4.78, 5) is 22.1. The first-order valence-electron chi connectivity index (χ1n) is 5.13. The predicted octanol–water partition coefficient (Wildman–Crippen LogP) is 0.684. The minimum Gasteiger partial charge on any atom is -0.481 e. The molecule has 2 rings (SSSR count). The van der Waals surface area contributed by atoms with Crippen LogP contribution in [0.2, 0.25) is 0 Å². The van der Waals surface area contributed by atoms with Crippen LogP contribution in [0.4, 0.5) is 5.69 Å². The smallest absolute Gasteiger partial charge is 0.307 e. The molecular weight excluding hydrogens is 236 g/mol. The standard InChI is InChI=1S/C11H10N4O3/c16-10(17)5-7-1-3-8(4-2-7)13-11(18)9-6-12-15-14-9/h1-4,6H,5H2,(H,13,18)(H,16,17)(H,12,14,15). The maximum Gasteiger partial charge on any atom is 0.307 e. The quantitative estimate of drug-likeness (QED) is 0.735. The molecule has 1 aromatic heterocycles. The highest BCUT2D eigenvalue weighted by Gasteiger charge is 2.08. The van der Waals surface area contributed by atoms with E-state index in [1.165, 1.54) is 6.20 Å². The van der Waals surface area contributed by atoms with Gasteiger partial charge >= 0.3 is 5.97 Å². The van der Waals surface area contributed by atoms with E-state index in [0.717, 1.165) is 0 Å². The van der Waals surface area contributed by atoms with Crippen LogP contribution in [0.5, 0.6) is 0 Å². The van der Waals surface area contributed by atoms with E-state index in [-0.39, 0.29) is 18.0 Å². The number of benzene rings is 1. The molecule has 7 nitrogen and oxygen atoms in total. The van der Waals surface area contributed by atoms with Gasteiger partial charge in [-0.15, -0.1) is 0 Å². The van der Waals surface area contributed by atoms with Crippen LogP contribution in [0, 0.1) is 0 Å². The second-order valence-corrected chi connectivity index (χ2v) is 3.58. The zero-order valence-electron chi connectivity index (χ0n) is 9.25. The second-order valence-electron chi connectivity index (χ2n) is 3.58. The number of hydrogen-bond donors (Lipinski definition) is 3. The minimum absolute atomic E-state index is 0.0441. The fourth-order valence-corrected chi connectivity index (χ4v) is 1.39. The van der Waals surface area contributed by atoms with E-state index in [2.05, 4.69) is 20.7 Å². The Balaban J connectivity index is 2.02. The van der Waals surface area contributed by atoms with Gasteiger partial charge in [0, 0.05) is 5.69 Å². The second kappa shape index (κ2) is 5.09. The molecule has 7 heteroatoms. The van der Waals surface area contributed by atoms with Crippen molar-refractivity contribution in [1.82, 2.24) is 15.4 Å². The molecule has 0 saturated heterocycles. The van der Waals surface area contributed by atoms with E-state index in [9.17, 15) is 9.59 Å². The lowest BCUT2D eigenvalue weighted by molar-refractivity contribution is -0.136. The van der Waals surface area contributed by atoms with Gasteiger partial charge in [-0.05, 0) is 17.7 Å². The van der Waals surface area contributed by atoms with Crippen LogP contribution in [-0.4, -0.2) is 32.4 Å². The Hall–Kier alpha value is -2.70. The zero-order chi connectivity index (χ0) is 13.0. The van der Waals surface area contributed by atoms with Crippen LogP contribution in [0.3, 0.4) is 0 Å². The number of carboxylic acids is 1. The lowest BCUT2D eigenvalue weighted by Crippen LogP contribution is -2.12.